The van der Waals surface area contributed by atoms with Crippen molar-refractivity contribution in [3.63, 3.8) is 0 Å². The molecule has 1 nitrogen and oxygen atoms in total. The monoisotopic (exact) mass is 311 g/mol. The van der Waals surface area contributed by atoms with E-state index in [0.717, 1.165) is 0 Å². The SMILES string of the molecule is CCCCCCCCCCCc1ccc(C)n1-c1ccccc1. The molecule has 23 heavy (non-hydrogen) atoms. The molecule has 126 valence electrons. The summed E-state index contributed by atoms with van der Waals surface area (Å²) in [4.78, 5) is 0. The third-order valence-corrected chi connectivity index (χ3v) is 4.71. The van der Waals surface area contributed by atoms with Crippen molar-refractivity contribution in [2.24, 2.45) is 0 Å². The van der Waals surface area contributed by atoms with Gasteiger partial charge in [-0.1, -0.05) is 76.5 Å². The normalized spacial score (nSPS) is 11.0. The first kappa shape index (κ1) is 17.8. The highest BCUT2D eigenvalue weighted by atomic mass is 15.0. The van der Waals surface area contributed by atoms with Crippen molar-refractivity contribution in [1.29, 1.82) is 0 Å². The van der Waals surface area contributed by atoms with Gasteiger partial charge in [-0.25, -0.2) is 0 Å². The van der Waals surface area contributed by atoms with E-state index in [4.69, 9.17) is 0 Å². The predicted molar refractivity (Wildman–Crippen MR) is 101 cm³/mol. The van der Waals surface area contributed by atoms with Crippen molar-refractivity contribution in [3.05, 3.63) is 53.9 Å². The number of nitrogens with zero attached hydrogens (tertiary/aromatic N) is 1. The van der Waals surface area contributed by atoms with Crippen LogP contribution in [0, 0.1) is 6.92 Å². The molecule has 0 aliphatic rings. The van der Waals surface area contributed by atoms with E-state index in [1.807, 2.05) is 0 Å². The molecule has 2 rings (SSSR count). The zero-order chi connectivity index (χ0) is 16.3. The van der Waals surface area contributed by atoms with Crippen molar-refractivity contribution in [1.82, 2.24) is 4.57 Å². The van der Waals surface area contributed by atoms with E-state index in [2.05, 4.69) is 60.9 Å². The summed E-state index contributed by atoms with van der Waals surface area (Å²) in [6.45, 7) is 4.49. The topological polar surface area (TPSA) is 4.93 Å². The Morgan fingerprint density at radius 3 is 1.96 bits per heavy atom. The standard InChI is InChI=1S/C22H33N/c1-3-4-5-6-7-8-9-10-12-17-22-19-18-20(2)23(22)21-15-13-11-14-16-21/h11,13-16,18-19H,3-10,12,17H2,1-2H3. The first-order valence-corrected chi connectivity index (χ1v) is 9.55. The summed E-state index contributed by atoms with van der Waals surface area (Å²) in [7, 11) is 0. The van der Waals surface area contributed by atoms with E-state index in [9.17, 15) is 0 Å². The van der Waals surface area contributed by atoms with Gasteiger partial charge in [0.05, 0.1) is 0 Å². The van der Waals surface area contributed by atoms with E-state index in [1.165, 1.54) is 81.3 Å². The van der Waals surface area contributed by atoms with Gasteiger partial charge in [0.2, 0.25) is 0 Å². The Morgan fingerprint density at radius 1 is 0.696 bits per heavy atom. The lowest BCUT2D eigenvalue weighted by Crippen LogP contribution is -2.02. The third-order valence-electron chi connectivity index (χ3n) is 4.71. The van der Waals surface area contributed by atoms with Crippen LogP contribution in [0.1, 0.15) is 76.1 Å². The lowest BCUT2D eigenvalue weighted by atomic mass is 10.1. The highest BCUT2D eigenvalue weighted by Gasteiger charge is 2.06. The highest BCUT2D eigenvalue weighted by molar-refractivity contribution is 5.37. The summed E-state index contributed by atoms with van der Waals surface area (Å²) in [5.74, 6) is 0. The molecule has 0 radical (unpaired) electrons. The molecule has 0 fully saturated rings. The fraction of sp³-hybridized carbons (Fsp3) is 0.545. The van der Waals surface area contributed by atoms with Gasteiger partial charge in [-0.2, -0.15) is 0 Å². The van der Waals surface area contributed by atoms with Gasteiger partial charge in [-0.15, -0.1) is 0 Å². The zero-order valence-electron chi connectivity index (χ0n) is 15.1. The molecular weight excluding hydrogens is 278 g/mol. The molecule has 0 saturated heterocycles. The van der Waals surface area contributed by atoms with Crippen LogP contribution in [0.3, 0.4) is 0 Å². The summed E-state index contributed by atoms with van der Waals surface area (Å²) in [5, 5.41) is 0. The number of hydrogen-bond donors (Lipinski definition) is 0. The Bertz CT molecular complexity index is 538. The minimum Gasteiger partial charge on any atom is -0.318 e. The average molecular weight is 312 g/mol. The summed E-state index contributed by atoms with van der Waals surface area (Å²) < 4.78 is 2.41. The summed E-state index contributed by atoms with van der Waals surface area (Å²) in [6.07, 6.45) is 13.7. The zero-order valence-corrected chi connectivity index (χ0v) is 15.1. The molecule has 1 heteroatoms. The Balaban J connectivity index is 1.71. The average Bonchev–Trinajstić information content (AvgIpc) is 2.95. The van der Waals surface area contributed by atoms with Crippen molar-refractivity contribution in [3.8, 4) is 5.69 Å². The molecule has 1 heterocycles. The molecule has 0 atom stereocenters. The Kier molecular flexibility index (Phi) is 8.00. The summed E-state index contributed by atoms with van der Waals surface area (Å²) in [6, 6.07) is 15.3. The number of para-hydroxylation sites is 1. The van der Waals surface area contributed by atoms with Crippen molar-refractivity contribution in [2.45, 2.75) is 78.1 Å². The van der Waals surface area contributed by atoms with E-state index in [0.29, 0.717) is 0 Å². The number of rotatable bonds is 11. The second kappa shape index (κ2) is 10.3. The summed E-state index contributed by atoms with van der Waals surface area (Å²) in [5.41, 5.74) is 4.08. The van der Waals surface area contributed by atoms with Crippen LogP contribution >= 0.6 is 0 Å². The number of benzene rings is 1. The fourth-order valence-corrected chi connectivity index (χ4v) is 3.35. The van der Waals surface area contributed by atoms with Crippen LogP contribution in [0.5, 0.6) is 0 Å². The second-order valence-electron chi connectivity index (χ2n) is 6.72. The van der Waals surface area contributed by atoms with Gasteiger partial charge in [-0.3, -0.25) is 0 Å². The Labute approximate surface area is 142 Å². The lowest BCUT2D eigenvalue weighted by Gasteiger charge is -2.11. The minimum atomic E-state index is 1.19. The molecule has 0 unspecified atom stereocenters. The predicted octanol–water partition coefficient (Wildman–Crippen LogP) is 6.86. The number of hydrogen-bond acceptors (Lipinski definition) is 0. The van der Waals surface area contributed by atoms with Gasteiger partial charge >= 0.3 is 0 Å². The molecule has 0 saturated carbocycles. The van der Waals surface area contributed by atoms with E-state index in [-0.39, 0.29) is 0 Å². The molecule has 0 N–H and O–H groups in total. The molecule has 0 bridgehead atoms. The second-order valence-corrected chi connectivity index (χ2v) is 6.72. The largest absolute Gasteiger partial charge is 0.318 e. The molecule has 0 aliphatic carbocycles. The molecular formula is C22H33N. The number of aryl methyl sites for hydroxylation is 2. The van der Waals surface area contributed by atoms with E-state index >= 15 is 0 Å². The van der Waals surface area contributed by atoms with Crippen molar-refractivity contribution >= 4 is 0 Å². The smallest absolute Gasteiger partial charge is 0.0455 e. The van der Waals surface area contributed by atoms with Crippen LogP contribution in [0.4, 0.5) is 0 Å². The molecule has 1 aromatic heterocycles. The van der Waals surface area contributed by atoms with Crippen molar-refractivity contribution in [2.75, 3.05) is 0 Å². The Hall–Kier alpha value is -1.50. The molecule has 1 aromatic carbocycles. The fourth-order valence-electron chi connectivity index (χ4n) is 3.35. The van der Waals surface area contributed by atoms with Gasteiger partial charge in [0.1, 0.15) is 0 Å². The highest BCUT2D eigenvalue weighted by Crippen LogP contribution is 2.19. The first-order valence-electron chi connectivity index (χ1n) is 9.55. The van der Waals surface area contributed by atoms with Gasteiger partial charge in [0, 0.05) is 17.1 Å². The molecule has 0 amide bonds. The van der Waals surface area contributed by atoms with Gasteiger partial charge in [0.25, 0.3) is 0 Å². The lowest BCUT2D eigenvalue weighted by molar-refractivity contribution is 0.562. The van der Waals surface area contributed by atoms with Crippen LogP contribution < -0.4 is 0 Å². The summed E-state index contributed by atoms with van der Waals surface area (Å²) >= 11 is 0. The van der Waals surface area contributed by atoms with Crippen LogP contribution in [0.25, 0.3) is 5.69 Å². The maximum atomic E-state index is 2.41. The van der Waals surface area contributed by atoms with Crippen LogP contribution in [-0.4, -0.2) is 4.57 Å². The van der Waals surface area contributed by atoms with Crippen LogP contribution in [-0.2, 0) is 6.42 Å². The van der Waals surface area contributed by atoms with Crippen LogP contribution in [0.15, 0.2) is 42.5 Å². The Morgan fingerprint density at radius 2 is 1.30 bits per heavy atom. The molecule has 2 aromatic rings. The number of unbranched alkanes of at least 4 members (excludes halogenated alkanes) is 8. The van der Waals surface area contributed by atoms with Gasteiger partial charge in [-0.05, 0) is 44.0 Å². The quantitative estimate of drug-likeness (QED) is 0.399. The number of aromatic nitrogens is 1. The third kappa shape index (κ3) is 5.89. The van der Waals surface area contributed by atoms with Gasteiger partial charge < -0.3 is 4.57 Å². The maximum absolute atomic E-state index is 2.41. The van der Waals surface area contributed by atoms with Crippen molar-refractivity contribution < 1.29 is 0 Å². The minimum absolute atomic E-state index is 1.19. The first-order chi connectivity index (χ1) is 11.3. The van der Waals surface area contributed by atoms with E-state index < -0.39 is 0 Å². The molecule has 0 spiro atoms. The van der Waals surface area contributed by atoms with Gasteiger partial charge in [0.15, 0.2) is 0 Å². The van der Waals surface area contributed by atoms with Crippen LogP contribution in [0.2, 0.25) is 0 Å². The van der Waals surface area contributed by atoms with E-state index in [1.54, 1.807) is 0 Å². The molecule has 0 aliphatic heterocycles. The maximum Gasteiger partial charge on any atom is 0.0455 e.